The van der Waals surface area contributed by atoms with Crippen molar-refractivity contribution >= 4 is 17.7 Å². The van der Waals surface area contributed by atoms with Crippen LogP contribution in [0.3, 0.4) is 0 Å². The van der Waals surface area contributed by atoms with Crippen LogP contribution < -0.4 is 5.32 Å². The van der Waals surface area contributed by atoms with Gasteiger partial charge in [-0.05, 0) is 48.6 Å². The van der Waals surface area contributed by atoms with Crippen LogP contribution in [-0.2, 0) is 0 Å². The first-order valence-electron chi connectivity index (χ1n) is 9.36. The van der Waals surface area contributed by atoms with Crippen LogP contribution >= 0.6 is 11.8 Å². The summed E-state index contributed by atoms with van der Waals surface area (Å²) < 4.78 is 0. The maximum atomic E-state index is 12.9. The molecule has 1 amide bonds. The van der Waals surface area contributed by atoms with Crippen LogP contribution in [0.2, 0.25) is 0 Å². The van der Waals surface area contributed by atoms with E-state index in [-0.39, 0.29) is 11.9 Å². The van der Waals surface area contributed by atoms with Crippen molar-refractivity contribution in [2.45, 2.75) is 34.6 Å². The molecule has 0 radical (unpaired) electrons. The second-order valence-electron chi connectivity index (χ2n) is 6.96. The van der Waals surface area contributed by atoms with Gasteiger partial charge in [-0.25, -0.2) is 0 Å². The minimum absolute atomic E-state index is 0.0472. The number of rotatable bonds is 5. The first-order valence-corrected chi connectivity index (χ1v) is 10.2. The molecule has 0 heterocycles. The number of nitrogens with one attached hydrogen (secondary N) is 1. The van der Waals surface area contributed by atoms with Crippen LogP contribution in [0, 0.1) is 11.3 Å². The molecule has 3 aromatic carbocycles. The molecule has 138 valence electrons. The molecule has 0 aliphatic heterocycles. The smallest absolute Gasteiger partial charge is 0.252 e. The largest absolute Gasteiger partial charge is 0.349 e. The number of amides is 1. The van der Waals surface area contributed by atoms with Gasteiger partial charge in [-0.15, -0.1) is 0 Å². The number of carbonyl (C=O) groups is 1. The Kier molecular flexibility index (Phi) is 5.45. The van der Waals surface area contributed by atoms with Crippen molar-refractivity contribution in [2.75, 3.05) is 0 Å². The predicted molar refractivity (Wildman–Crippen MR) is 111 cm³/mol. The highest BCUT2D eigenvalue weighted by molar-refractivity contribution is 7.99. The minimum Gasteiger partial charge on any atom is -0.349 e. The molecule has 4 rings (SSSR count). The second-order valence-corrected chi connectivity index (χ2v) is 8.04. The molecule has 0 spiro atoms. The molecule has 0 saturated heterocycles. The van der Waals surface area contributed by atoms with Gasteiger partial charge in [-0.3, -0.25) is 4.79 Å². The Morgan fingerprint density at radius 2 is 1.54 bits per heavy atom. The lowest BCUT2D eigenvalue weighted by atomic mass is 9.76. The summed E-state index contributed by atoms with van der Waals surface area (Å²) >= 11 is 1.46. The molecule has 1 fully saturated rings. The number of nitrogens with zero attached hydrogens (tertiary/aromatic N) is 1. The first-order chi connectivity index (χ1) is 13.7. The highest BCUT2D eigenvalue weighted by Crippen LogP contribution is 2.37. The van der Waals surface area contributed by atoms with Gasteiger partial charge in [0.1, 0.15) is 6.07 Å². The Hall–Kier alpha value is -3.03. The van der Waals surface area contributed by atoms with Crippen LogP contribution in [0.4, 0.5) is 0 Å². The average Bonchev–Trinajstić information content (AvgIpc) is 2.71. The van der Waals surface area contributed by atoms with Crippen molar-refractivity contribution in [1.82, 2.24) is 5.32 Å². The van der Waals surface area contributed by atoms with E-state index < -0.39 is 0 Å². The van der Waals surface area contributed by atoms with Gasteiger partial charge in [0.25, 0.3) is 5.91 Å². The molecule has 0 bridgehead atoms. The third kappa shape index (κ3) is 3.95. The topological polar surface area (TPSA) is 52.9 Å². The SMILES string of the molecule is N#Cc1ccccc1Sc1ccccc1C(=O)NC1CC(c2ccccc2)C1. The highest BCUT2D eigenvalue weighted by Gasteiger charge is 2.31. The van der Waals surface area contributed by atoms with Gasteiger partial charge in [-0.1, -0.05) is 66.4 Å². The number of hydrogen-bond acceptors (Lipinski definition) is 3. The molecule has 28 heavy (non-hydrogen) atoms. The fourth-order valence-electron chi connectivity index (χ4n) is 3.51. The summed E-state index contributed by atoms with van der Waals surface area (Å²) in [7, 11) is 0. The third-order valence-corrected chi connectivity index (χ3v) is 6.26. The van der Waals surface area contributed by atoms with Crippen LogP contribution in [-0.4, -0.2) is 11.9 Å². The van der Waals surface area contributed by atoms with E-state index in [1.165, 1.54) is 17.3 Å². The zero-order valence-electron chi connectivity index (χ0n) is 15.3. The van der Waals surface area contributed by atoms with E-state index in [2.05, 4.69) is 35.7 Å². The molecule has 3 nitrogen and oxygen atoms in total. The summed E-state index contributed by atoms with van der Waals surface area (Å²) in [5, 5.41) is 12.5. The fourth-order valence-corrected chi connectivity index (χ4v) is 4.53. The summed E-state index contributed by atoms with van der Waals surface area (Å²) in [6, 6.07) is 27.9. The fraction of sp³-hybridized carbons (Fsp3) is 0.167. The van der Waals surface area contributed by atoms with E-state index in [1.54, 1.807) is 6.07 Å². The molecule has 1 aliphatic carbocycles. The molecule has 0 unspecified atom stereocenters. The second kappa shape index (κ2) is 8.33. The molecule has 0 atom stereocenters. The van der Waals surface area contributed by atoms with E-state index in [0.29, 0.717) is 17.0 Å². The Labute approximate surface area is 169 Å². The molecule has 3 aromatic rings. The molecule has 1 saturated carbocycles. The average molecular weight is 385 g/mol. The van der Waals surface area contributed by atoms with Gasteiger partial charge in [0.15, 0.2) is 0 Å². The van der Waals surface area contributed by atoms with Gasteiger partial charge in [0.05, 0.1) is 11.1 Å². The van der Waals surface area contributed by atoms with Gasteiger partial charge in [-0.2, -0.15) is 5.26 Å². The lowest BCUT2D eigenvalue weighted by molar-refractivity contribution is 0.0906. The summed E-state index contributed by atoms with van der Waals surface area (Å²) in [5.74, 6) is 0.479. The number of benzene rings is 3. The Balaban J connectivity index is 1.44. The van der Waals surface area contributed by atoms with E-state index in [1.807, 2.05) is 48.5 Å². The van der Waals surface area contributed by atoms with Crippen LogP contribution in [0.1, 0.15) is 40.2 Å². The summed E-state index contributed by atoms with van der Waals surface area (Å²) in [5.41, 5.74) is 2.62. The third-order valence-electron chi connectivity index (χ3n) is 5.10. The zero-order chi connectivity index (χ0) is 19.3. The maximum absolute atomic E-state index is 12.9. The van der Waals surface area contributed by atoms with E-state index in [0.717, 1.165) is 22.6 Å². The molecule has 0 aromatic heterocycles. The number of hydrogen-bond donors (Lipinski definition) is 1. The lowest BCUT2D eigenvalue weighted by Gasteiger charge is -2.36. The summed E-state index contributed by atoms with van der Waals surface area (Å²) in [6.07, 6.45) is 1.95. The van der Waals surface area contributed by atoms with Gasteiger partial charge in [0, 0.05) is 15.8 Å². The summed E-state index contributed by atoms with van der Waals surface area (Å²) in [4.78, 5) is 14.6. The molecule has 4 heteroatoms. The minimum atomic E-state index is -0.0472. The van der Waals surface area contributed by atoms with Crippen molar-refractivity contribution in [3.8, 4) is 6.07 Å². The quantitative estimate of drug-likeness (QED) is 0.642. The molecule has 1 N–H and O–H groups in total. The van der Waals surface area contributed by atoms with Crippen molar-refractivity contribution in [3.63, 3.8) is 0 Å². The van der Waals surface area contributed by atoms with Gasteiger partial charge < -0.3 is 5.32 Å². The zero-order valence-corrected chi connectivity index (χ0v) is 16.2. The van der Waals surface area contributed by atoms with Gasteiger partial charge in [0.2, 0.25) is 0 Å². The molecular formula is C24H20N2OS. The Morgan fingerprint density at radius 1 is 0.893 bits per heavy atom. The maximum Gasteiger partial charge on any atom is 0.252 e. The normalized spacial score (nSPS) is 18.0. The predicted octanol–water partition coefficient (Wildman–Crippen LogP) is 5.39. The molecular weight excluding hydrogens is 364 g/mol. The monoisotopic (exact) mass is 384 g/mol. The van der Waals surface area contributed by atoms with Crippen LogP contribution in [0.5, 0.6) is 0 Å². The van der Waals surface area contributed by atoms with Crippen molar-refractivity contribution in [2.24, 2.45) is 0 Å². The highest BCUT2D eigenvalue weighted by atomic mass is 32.2. The van der Waals surface area contributed by atoms with Crippen molar-refractivity contribution in [3.05, 3.63) is 95.6 Å². The lowest BCUT2D eigenvalue weighted by Crippen LogP contribution is -2.43. The van der Waals surface area contributed by atoms with E-state index in [9.17, 15) is 10.1 Å². The van der Waals surface area contributed by atoms with Gasteiger partial charge >= 0.3 is 0 Å². The Morgan fingerprint density at radius 3 is 2.29 bits per heavy atom. The van der Waals surface area contributed by atoms with Crippen molar-refractivity contribution < 1.29 is 4.79 Å². The van der Waals surface area contributed by atoms with E-state index in [4.69, 9.17) is 0 Å². The van der Waals surface area contributed by atoms with Crippen LogP contribution in [0.15, 0.2) is 88.7 Å². The Bertz CT molecular complexity index is 1020. The van der Waals surface area contributed by atoms with Crippen molar-refractivity contribution in [1.29, 1.82) is 5.26 Å². The summed E-state index contributed by atoms with van der Waals surface area (Å²) in [6.45, 7) is 0. The first kappa shape index (κ1) is 18.3. The van der Waals surface area contributed by atoms with E-state index >= 15 is 0 Å². The van der Waals surface area contributed by atoms with Crippen LogP contribution in [0.25, 0.3) is 0 Å². The number of carbonyl (C=O) groups excluding carboxylic acids is 1. The number of nitriles is 1. The molecule has 1 aliphatic rings. The standard InChI is InChI=1S/C24H20N2OS/c25-16-18-10-4-6-12-22(18)28-23-13-7-5-11-21(23)24(27)26-20-14-19(15-20)17-8-2-1-3-9-17/h1-13,19-20H,14-15H2,(H,26,27).